The molecule has 1 amide bonds. The molecule has 1 fully saturated rings. The van der Waals surface area contributed by atoms with E-state index in [1.165, 1.54) is 0 Å². The number of carbonyl (C=O) groups is 1. The van der Waals surface area contributed by atoms with Crippen LogP contribution in [0.2, 0.25) is 0 Å². The Kier molecular flexibility index (Phi) is 4.62. The number of anilines is 1. The van der Waals surface area contributed by atoms with Crippen LogP contribution in [0.1, 0.15) is 41.5 Å². The molecule has 23 heavy (non-hydrogen) atoms. The molecule has 0 aliphatic carbocycles. The summed E-state index contributed by atoms with van der Waals surface area (Å²) in [5, 5.41) is 3.38. The van der Waals surface area contributed by atoms with Gasteiger partial charge in [-0.05, 0) is 53.7 Å². The van der Waals surface area contributed by atoms with Crippen LogP contribution in [0.15, 0.2) is 30.3 Å². The highest BCUT2D eigenvalue weighted by molar-refractivity contribution is 5.70. The molecular weight excluding hydrogens is 292 g/mol. The van der Waals surface area contributed by atoms with Gasteiger partial charge in [0.1, 0.15) is 11.3 Å². The normalized spacial score (nSPS) is 23.7. The molecule has 128 valence electrons. The number of benzene rings is 1. The van der Waals surface area contributed by atoms with Crippen molar-refractivity contribution in [2.24, 2.45) is 0 Å². The standard InChI is InChI=1S/C18H28N2O3/c1-16(2,3)23-15(21)20-17(4,5)22-13-18(20,6)12-19-14-10-8-7-9-11-14/h7-11,19H,12-13H2,1-6H3/t18-/m0/s1. The first-order valence-corrected chi connectivity index (χ1v) is 8.00. The maximum atomic E-state index is 12.7. The summed E-state index contributed by atoms with van der Waals surface area (Å²) >= 11 is 0. The van der Waals surface area contributed by atoms with Crippen LogP contribution in [0.4, 0.5) is 10.5 Å². The van der Waals surface area contributed by atoms with Crippen molar-refractivity contribution < 1.29 is 14.3 Å². The molecule has 0 aromatic heterocycles. The van der Waals surface area contributed by atoms with Crippen LogP contribution in [-0.4, -0.2) is 41.0 Å². The lowest BCUT2D eigenvalue weighted by molar-refractivity contribution is -0.0671. The zero-order chi connectivity index (χ0) is 17.3. The summed E-state index contributed by atoms with van der Waals surface area (Å²) in [6.07, 6.45) is -0.350. The molecule has 2 rings (SSSR count). The molecule has 1 atom stereocenters. The number of para-hydroxylation sites is 1. The van der Waals surface area contributed by atoms with Gasteiger partial charge in [0, 0.05) is 12.2 Å². The first kappa shape index (κ1) is 17.6. The Morgan fingerprint density at radius 2 is 1.87 bits per heavy atom. The fourth-order valence-electron chi connectivity index (χ4n) is 2.84. The van der Waals surface area contributed by atoms with E-state index in [0.29, 0.717) is 13.2 Å². The van der Waals surface area contributed by atoms with E-state index in [1.54, 1.807) is 4.90 Å². The maximum absolute atomic E-state index is 12.7. The summed E-state index contributed by atoms with van der Waals surface area (Å²) in [7, 11) is 0. The summed E-state index contributed by atoms with van der Waals surface area (Å²) in [5.41, 5.74) is -0.705. The topological polar surface area (TPSA) is 50.8 Å². The summed E-state index contributed by atoms with van der Waals surface area (Å²) in [5.74, 6) is 0. The molecule has 1 heterocycles. The summed E-state index contributed by atoms with van der Waals surface area (Å²) in [4.78, 5) is 14.4. The number of amides is 1. The largest absolute Gasteiger partial charge is 0.444 e. The predicted molar refractivity (Wildman–Crippen MR) is 91.4 cm³/mol. The molecule has 0 radical (unpaired) electrons. The molecule has 1 saturated heterocycles. The monoisotopic (exact) mass is 320 g/mol. The highest BCUT2D eigenvalue weighted by Crippen LogP contribution is 2.36. The highest BCUT2D eigenvalue weighted by Gasteiger charge is 2.52. The molecule has 1 aliphatic heterocycles. The molecule has 0 bridgehead atoms. The second-order valence-electron chi connectivity index (χ2n) is 7.77. The zero-order valence-electron chi connectivity index (χ0n) is 15.0. The lowest BCUT2D eigenvalue weighted by atomic mass is 10.0. The minimum absolute atomic E-state index is 0.350. The predicted octanol–water partition coefficient (Wildman–Crippen LogP) is 3.86. The molecule has 1 aliphatic rings. The quantitative estimate of drug-likeness (QED) is 0.919. The Bertz CT molecular complexity index is 551. The van der Waals surface area contributed by atoms with Crippen molar-refractivity contribution in [3.8, 4) is 0 Å². The highest BCUT2D eigenvalue weighted by atomic mass is 16.6. The molecule has 5 nitrogen and oxygen atoms in total. The minimum Gasteiger partial charge on any atom is -0.444 e. The molecule has 1 aromatic rings. The molecular formula is C18H28N2O3. The Hall–Kier alpha value is -1.75. The van der Waals surface area contributed by atoms with Gasteiger partial charge in [0.05, 0.1) is 12.1 Å². The minimum atomic E-state index is -0.699. The van der Waals surface area contributed by atoms with Crippen LogP contribution < -0.4 is 5.32 Å². The molecule has 5 heteroatoms. The fourth-order valence-corrected chi connectivity index (χ4v) is 2.84. The summed E-state index contributed by atoms with van der Waals surface area (Å²) in [6, 6.07) is 9.93. The van der Waals surface area contributed by atoms with E-state index >= 15 is 0 Å². The molecule has 0 unspecified atom stereocenters. The van der Waals surface area contributed by atoms with Crippen molar-refractivity contribution in [3.05, 3.63) is 30.3 Å². The lowest BCUT2D eigenvalue weighted by Crippen LogP contribution is -2.58. The summed E-state index contributed by atoms with van der Waals surface area (Å²) < 4.78 is 11.5. The van der Waals surface area contributed by atoms with Gasteiger partial charge in [0.2, 0.25) is 0 Å². The second-order valence-corrected chi connectivity index (χ2v) is 7.77. The van der Waals surface area contributed by atoms with Crippen molar-refractivity contribution in [2.75, 3.05) is 18.5 Å². The van der Waals surface area contributed by atoms with Crippen LogP contribution in [0, 0.1) is 0 Å². The van der Waals surface area contributed by atoms with E-state index in [9.17, 15) is 4.79 Å². The van der Waals surface area contributed by atoms with Gasteiger partial charge >= 0.3 is 6.09 Å². The van der Waals surface area contributed by atoms with Gasteiger partial charge in [-0.25, -0.2) is 4.79 Å². The van der Waals surface area contributed by atoms with E-state index in [4.69, 9.17) is 9.47 Å². The Morgan fingerprint density at radius 1 is 1.26 bits per heavy atom. The van der Waals surface area contributed by atoms with Crippen LogP contribution in [-0.2, 0) is 9.47 Å². The Balaban J connectivity index is 2.16. The third-order valence-corrected chi connectivity index (χ3v) is 3.84. The molecule has 0 spiro atoms. The Morgan fingerprint density at radius 3 is 2.43 bits per heavy atom. The van der Waals surface area contributed by atoms with E-state index in [0.717, 1.165) is 5.69 Å². The smallest absolute Gasteiger partial charge is 0.413 e. The number of carbonyl (C=O) groups excluding carboxylic acids is 1. The SMILES string of the molecule is CC(C)(C)OC(=O)N1C(C)(C)OC[C@]1(C)CNc1ccccc1. The third kappa shape index (κ3) is 4.16. The van der Waals surface area contributed by atoms with Crippen molar-refractivity contribution in [3.63, 3.8) is 0 Å². The number of hydrogen-bond acceptors (Lipinski definition) is 4. The number of nitrogens with one attached hydrogen (secondary N) is 1. The van der Waals surface area contributed by atoms with Gasteiger partial charge in [0.25, 0.3) is 0 Å². The van der Waals surface area contributed by atoms with E-state index in [2.05, 4.69) is 5.32 Å². The van der Waals surface area contributed by atoms with Gasteiger partial charge in [-0.1, -0.05) is 18.2 Å². The Labute approximate surface area is 139 Å². The van der Waals surface area contributed by atoms with Crippen molar-refractivity contribution in [1.82, 2.24) is 4.90 Å². The maximum Gasteiger partial charge on any atom is 0.413 e. The van der Waals surface area contributed by atoms with Crippen molar-refractivity contribution in [1.29, 1.82) is 0 Å². The van der Waals surface area contributed by atoms with Crippen LogP contribution >= 0.6 is 0 Å². The van der Waals surface area contributed by atoms with Gasteiger partial charge in [-0.15, -0.1) is 0 Å². The fraction of sp³-hybridized carbons (Fsp3) is 0.611. The second kappa shape index (κ2) is 6.04. The van der Waals surface area contributed by atoms with Crippen LogP contribution in [0.25, 0.3) is 0 Å². The first-order valence-electron chi connectivity index (χ1n) is 8.00. The van der Waals surface area contributed by atoms with Gasteiger partial charge in [-0.3, -0.25) is 4.90 Å². The van der Waals surface area contributed by atoms with Crippen molar-refractivity contribution in [2.45, 2.75) is 58.4 Å². The van der Waals surface area contributed by atoms with Crippen LogP contribution in [0.3, 0.4) is 0 Å². The number of nitrogens with zero attached hydrogens (tertiary/aromatic N) is 1. The van der Waals surface area contributed by atoms with E-state index < -0.39 is 16.9 Å². The molecule has 0 saturated carbocycles. The average Bonchev–Trinajstić information content (AvgIpc) is 2.67. The first-order chi connectivity index (χ1) is 10.5. The zero-order valence-corrected chi connectivity index (χ0v) is 15.0. The van der Waals surface area contributed by atoms with Crippen LogP contribution in [0.5, 0.6) is 0 Å². The summed E-state index contributed by atoms with van der Waals surface area (Å²) in [6.45, 7) is 12.5. The number of rotatable bonds is 3. The van der Waals surface area contributed by atoms with Gasteiger partial charge in [0.15, 0.2) is 0 Å². The van der Waals surface area contributed by atoms with Gasteiger partial charge in [-0.2, -0.15) is 0 Å². The van der Waals surface area contributed by atoms with Crippen molar-refractivity contribution >= 4 is 11.8 Å². The average molecular weight is 320 g/mol. The third-order valence-electron chi connectivity index (χ3n) is 3.84. The molecule has 1 N–H and O–H groups in total. The number of hydrogen-bond donors (Lipinski definition) is 1. The van der Waals surface area contributed by atoms with E-state index in [-0.39, 0.29) is 6.09 Å². The number of ether oxygens (including phenoxy) is 2. The molecule has 1 aromatic carbocycles. The lowest BCUT2D eigenvalue weighted by Gasteiger charge is -2.40. The van der Waals surface area contributed by atoms with Gasteiger partial charge < -0.3 is 14.8 Å². The van der Waals surface area contributed by atoms with E-state index in [1.807, 2.05) is 71.9 Å².